The van der Waals surface area contributed by atoms with Crippen LogP contribution in [0.3, 0.4) is 0 Å². The molecule has 2 N–H and O–H groups in total. The molecule has 1 atom stereocenters. The SMILES string of the molecule is CC(C)CC1(C(=O)NCC(N2CCNCC2)C(F)(F)F)CCCC1.Cl. The monoisotopic (exact) mass is 385 g/mol. The van der Waals surface area contributed by atoms with Crippen molar-refractivity contribution < 1.29 is 18.0 Å². The lowest BCUT2D eigenvalue weighted by molar-refractivity contribution is -0.184. The lowest BCUT2D eigenvalue weighted by Crippen LogP contribution is -2.58. The maximum Gasteiger partial charge on any atom is 0.405 e. The van der Waals surface area contributed by atoms with Gasteiger partial charge in [0.05, 0.1) is 0 Å². The van der Waals surface area contributed by atoms with Gasteiger partial charge in [-0.15, -0.1) is 12.4 Å². The average molecular weight is 386 g/mol. The zero-order valence-electron chi connectivity index (χ0n) is 15.1. The number of halogens is 4. The summed E-state index contributed by atoms with van der Waals surface area (Å²) >= 11 is 0. The number of piperazine rings is 1. The maximum absolute atomic E-state index is 13.4. The van der Waals surface area contributed by atoms with Gasteiger partial charge in [-0.1, -0.05) is 26.7 Å². The van der Waals surface area contributed by atoms with E-state index >= 15 is 0 Å². The van der Waals surface area contributed by atoms with Crippen LogP contribution >= 0.6 is 12.4 Å². The molecule has 2 aliphatic rings. The summed E-state index contributed by atoms with van der Waals surface area (Å²) in [6.07, 6.45) is -0.0153. The standard InChI is InChI=1S/C17H30F3N3O.ClH/c1-13(2)11-16(5-3-4-6-16)15(24)22-12-14(17(18,19)20)23-9-7-21-8-10-23;/h13-14,21H,3-12H2,1-2H3,(H,22,24);1H. The van der Waals surface area contributed by atoms with Crippen molar-refractivity contribution in [2.45, 2.75) is 58.2 Å². The summed E-state index contributed by atoms with van der Waals surface area (Å²) in [6, 6.07) is -1.60. The molecule has 0 bridgehead atoms. The van der Waals surface area contributed by atoms with E-state index in [2.05, 4.69) is 24.5 Å². The van der Waals surface area contributed by atoms with E-state index in [9.17, 15) is 18.0 Å². The second-order valence-electron chi connectivity index (χ2n) is 7.64. The first-order valence-electron chi connectivity index (χ1n) is 9.04. The van der Waals surface area contributed by atoms with Crippen LogP contribution in [0.1, 0.15) is 46.0 Å². The molecular formula is C17H31ClF3N3O. The Hall–Kier alpha value is -0.530. The Morgan fingerprint density at radius 1 is 1.20 bits per heavy atom. The van der Waals surface area contributed by atoms with Crippen LogP contribution in [-0.4, -0.2) is 55.7 Å². The highest BCUT2D eigenvalue weighted by molar-refractivity contribution is 5.85. The number of nitrogens with zero attached hydrogens (tertiary/aromatic N) is 1. The molecule has 0 aromatic rings. The summed E-state index contributed by atoms with van der Waals surface area (Å²) in [5, 5.41) is 5.72. The van der Waals surface area contributed by atoms with Crippen LogP contribution in [0.4, 0.5) is 13.2 Å². The van der Waals surface area contributed by atoms with Gasteiger partial charge in [0.2, 0.25) is 5.91 Å². The first-order valence-corrected chi connectivity index (χ1v) is 9.04. The van der Waals surface area contributed by atoms with Crippen LogP contribution in [0.2, 0.25) is 0 Å². The highest BCUT2D eigenvalue weighted by Gasteiger charge is 2.46. The van der Waals surface area contributed by atoms with Gasteiger partial charge in [0.15, 0.2) is 0 Å². The number of nitrogens with one attached hydrogen (secondary N) is 2. The summed E-state index contributed by atoms with van der Waals surface area (Å²) in [7, 11) is 0. The van der Waals surface area contributed by atoms with Crippen LogP contribution in [0, 0.1) is 11.3 Å². The molecule has 1 unspecified atom stereocenters. The summed E-state index contributed by atoms with van der Waals surface area (Å²) in [5.41, 5.74) is -0.465. The van der Waals surface area contributed by atoms with E-state index < -0.39 is 17.6 Å². The maximum atomic E-state index is 13.4. The first-order chi connectivity index (χ1) is 11.2. The van der Waals surface area contributed by atoms with E-state index in [0.717, 1.165) is 32.1 Å². The second-order valence-corrected chi connectivity index (χ2v) is 7.64. The number of carbonyl (C=O) groups excluding carboxylic acids is 1. The third-order valence-corrected chi connectivity index (χ3v) is 5.27. The molecule has 1 aliphatic carbocycles. The van der Waals surface area contributed by atoms with Gasteiger partial charge in [-0.2, -0.15) is 13.2 Å². The molecular weight excluding hydrogens is 355 g/mol. The van der Waals surface area contributed by atoms with Crippen LogP contribution in [-0.2, 0) is 4.79 Å². The number of rotatable bonds is 6. The van der Waals surface area contributed by atoms with Gasteiger partial charge in [-0.25, -0.2) is 0 Å². The number of carbonyl (C=O) groups is 1. The van der Waals surface area contributed by atoms with Gasteiger partial charge in [0, 0.05) is 38.1 Å². The van der Waals surface area contributed by atoms with Gasteiger partial charge in [0.1, 0.15) is 6.04 Å². The fraction of sp³-hybridized carbons (Fsp3) is 0.941. The molecule has 1 saturated heterocycles. The van der Waals surface area contributed by atoms with E-state index in [0.29, 0.717) is 32.1 Å². The highest BCUT2D eigenvalue weighted by atomic mass is 35.5. The minimum atomic E-state index is -4.33. The minimum absolute atomic E-state index is 0. The van der Waals surface area contributed by atoms with Crippen LogP contribution in [0.15, 0.2) is 0 Å². The predicted octanol–water partition coefficient (Wildman–Crippen LogP) is 2.97. The van der Waals surface area contributed by atoms with Crippen molar-refractivity contribution in [2.24, 2.45) is 11.3 Å². The highest BCUT2D eigenvalue weighted by Crippen LogP contribution is 2.43. The van der Waals surface area contributed by atoms with E-state index in [1.54, 1.807) is 0 Å². The van der Waals surface area contributed by atoms with Gasteiger partial charge in [-0.3, -0.25) is 9.69 Å². The Morgan fingerprint density at radius 2 is 1.76 bits per heavy atom. The Balaban J connectivity index is 0.00000312. The van der Waals surface area contributed by atoms with Crippen LogP contribution in [0.5, 0.6) is 0 Å². The number of alkyl halides is 3. The molecule has 0 aromatic carbocycles. The Morgan fingerprint density at radius 3 is 2.24 bits per heavy atom. The largest absolute Gasteiger partial charge is 0.405 e. The molecule has 0 radical (unpaired) electrons. The molecule has 2 rings (SSSR count). The number of amides is 1. The van der Waals surface area contributed by atoms with Gasteiger partial charge in [-0.05, 0) is 25.2 Å². The summed E-state index contributed by atoms with van der Waals surface area (Å²) in [6.45, 7) is 5.60. The third kappa shape index (κ3) is 6.00. The smallest absolute Gasteiger partial charge is 0.354 e. The zero-order valence-corrected chi connectivity index (χ0v) is 15.9. The van der Waals surface area contributed by atoms with Crippen molar-refractivity contribution in [1.29, 1.82) is 0 Å². The van der Waals surface area contributed by atoms with E-state index in [4.69, 9.17) is 0 Å². The van der Waals surface area contributed by atoms with E-state index in [1.165, 1.54) is 4.90 Å². The van der Waals surface area contributed by atoms with Crippen LogP contribution in [0.25, 0.3) is 0 Å². The first kappa shape index (κ1) is 22.5. The van der Waals surface area contributed by atoms with Gasteiger partial charge < -0.3 is 10.6 Å². The average Bonchev–Trinajstić information content (AvgIpc) is 2.96. The van der Waals surface area contributed by atoms with Gasteiger partial charge in [0.25, 0.3) is 0 Å². The Bertz CT molecular complexity index is 420. The summed E-state index contributed by atoms with van der Waals surface area (Å²) in [4.78, 5) is 14.1. The molecule has 2 fully saturated rings. The molecule has 1 aliphatic heterocycles. The molecule has 25 heavy (non-hydrogen) atoms. The lowest BCUT2D eigenvalue weighted by Gasteiger charge is -2.37. The molecule has 148 valence electrons. The molecule has 1 amide bonds. The normalized spacial score (nSPS) is 22.5. The second kappa shape index (κ2) is 9.42. The number of hydrogen-bond acceptors (Lipinski definition) is 3. The zero-order chi connectivity index (χ0) is 17.8. The van der Waals surface area contributed by atoms with Crippen molar-refractivity contribution in [3.8, 4) is 0 Å². The molecule has 8 heteroatoms. The minimum Gasteiger partial charge on any atom is -0.354 e. The number of hydrogen-bond donors (Lipinski definition) is 2. The topological polar surface area (TPSA) is 44.4 Å². The van der Waals surface area contributed by atoms with E-state index in [1.807, 2.05) is 0 Å². The molecule has 4 nitrogen and oxygen atoms in total. The van der Waals surface area contributed by atoms with E-state index in [-0.39, 0.29) is 24.9 Å². The molecule has 0 spiro atoms. The quantitative estimate of drug-likeness (QED) is 0.738. The van der Waals surface area contributed by atoms with Crippen molar-refractivity contribution in [3.63, 3.8) is 0 Å². The summed E-state index contributed by atoms with van der Waals surface area (Å²) < 4.78 is 40.3. The third-order valence-electron chi connectivity index (χ3n) is 5.27. The molecule has 1 saturated carbocycles. The van der Waals surface area contributed by atoms with Crippen LogP contribution < -0.4 is 10.6 Å². The molecule has 0 aromatic heterocycles. The summed E-state index contributed by atoms with van der Waals surface area (Å²) in [5.74, 6) is 0.179. The Labute approximate surface area is 154 Å². The fourth-order valence-corrected chi connectivity index (χ4v) is 4.18. The lowest BCUT2D eigenvalue weighted by atomic mass is 9.77. The van der Waals surface area contributed by atoms with Crippen molar-refractivity contribution in [2.75, 3.05) is 32.7 Å². The predicted molar refractivity (Wildman–Crippen MR) is 94.9 cm³/mol. The molecule has 1 heterocycles. The van der Waals surface area contributed by atoms with Crippen molar-refractivity contribution in [1.82, 2.24) is 15.5 Å². The van der Waals surface area contributed by atoms with Crippen molar-refractivity contribution >= 4 is 18.3 Å². The van der Waals surface area contributed by atoms with Crippen molar-refractivity contribution in [3.05, 3.63) is 0 Å². The Kier molecular flexibility index (Phi) is 8.48. The van der Waals surface area contributed by atoms with Gasteiger partial charge >= 0.3 is 6.18 Å². The fourth-order valence-electron chi connectivity index (χ4n) is 4.18.